The Bertz CT molecular complexity index is 814. The summed E-state index contributed by atoms with van der Waals surface area (Å²) in [5.41, 5.74) is 7.30. The van der Waals surface area contributed by atoms with Gasteiger partial charge in [-0.2, -0.15) is 0 Å². The van der Waals surface area contributed by atoms with E-state index in [1.54, 1.807) is 0 Å². The summed E-state index contributed by atoms with van der Waals surface area (Å²) in [7, 11) is 0. The van der Waals surface area contributed by atoms with E-state index in [0.717, 1.165) is 49.0 Å². The van der Waals surface area contributed by atoms with Gasteiger partial charge >= 0.3 is 5.97 Å². The molecule has 7 heteroatoms. The summed E-state index contributed by atoms with van der Waals surface area (Å²) in [6, 6.07) is 0. The third kappa shape index (κ3) is 4.34. The number of nitrogens with two attached hydrogens (primary N) is 1. The Labute approximate surface area is 176 Å². The number of nitrogens with one attached hydrogen (secondary N) is 1. The highest BCUT2D eigenvalue weighted by atomic mass is 32.1. The first-order valence-corrected chi connectivity index (χ1v) is 11.4. The van der Waals surface area contributed by atoms with E-state index in [9.17, 15) is 19.5 Å². The lowest BCUT2D eigenvalue weighted by atomic mass is 9.69. The summed E-state index contributed by atoms with van der Waals surface area (Å²) in [4.78, 5) is 37.8. The van der Waals surface area contributed by atoms with Crippen LogP contribution in [0.5, 0.6) is 0 Å². The highest BCUT2D eigenvalue weighted by Gasteiger charge is 2.38. The molecule has 3 atom stereocenters. The number of carbonyl (C=O) groups excluding carboxylic acids is 2. The Kier molecular flexibility index (Phi) is 6.36. The molecule has 0 bridgehead atoms. The second-order valence-electron chi connectivity index (χ2n) is 9.18. The van der Waals surface area contributed by atoms with Gasteiger partial charge in [0.25, 0.3) is 5.91 Å². The highest BCUT2D eigenvalue weighted by Crippen LogP contribution is 2.45. The lowest BCUT2D eigenvalue weighted by molar-refractivity contribution is -0.147. The Hall–Kier alpha value is -1.89. The molecule has 0 radical (unpaired) electrons. The predicted molar refractivity (Wildman–Crippen MR) is 114 cm³/mol. The number of amides is 2. The van der Waals surface area contributed by atoms with Gasteiger partial charge in [0.1, 0.15) is 5.00 Å². The van der Waals surface area contributed by atoms with Gasteiger partial charge in [-0.3, -0.25) is 14.4 Å². The second-order valence-corrected chi connectivity index (χ2v) is 10.3. The zero-order valence-electron chi connectivity index (χ0n) is 17.5. The van der Waals surface area contributed by atoms with Crippen LogP contribution in [-0.4, -0.2) is 22.9 Å². The number of carbonyl (C=O) groups is 3. The molecule has 2 amide bonds. The fourth-order valence-electron chi connectivity index (χ4n) is 4.84. The maximum absolute atomic E-state index is 12.9. The Morgan fingerprint density at radius 3 is 2.41 bits per heavy atom. The minimum Gasteiger partial charge on any atom is -0.481 e. The van der Waals surface area contributed by atoms with Crippen LogP contribution in [0, 0.1) is 23.2 Å². The van der Waals surface area contributed by atoms with Crippen molar-refractivity contribution in [2.45, 2.75) is 72.1 Å². The Balaban J connectivity index is 1.86. The third-order valence-electron chi connectivity index (χ3n) is 7.18. The smallest absolute Gasteiger partial charge is 0.307 e. The molecule has 0 spiro atoms. The summed E-state index contributed by atoms with van der Waals surface area (Å²) in [6.07, 6.45) is 6.52. The number of thiophene rings is 1. The van der Waals surface area contributed by atoms with Crippen molar-refractivity contribution in [1.82, 2.24) is 0 Å². The third-order valence-corrected chi connectivity index (χ3v) is 8.35. The van der Waals surface area contributed by atoms with Crippen molar-refractivity contribution >= 4 is 34.1 Å². The fourth-order valence-corrected chi connectivity index (χ4v) is 6.17. The Morgan fingerprint density at radius 2 is 1.83 bits per heavy atom. The van der Waals surface area contributed by atoms with Crippen molar-refractivity contribution in [1.29, 1.82) is 0 Å². The van der Waals surface area contributed by atoms with E-state index >= 15 is 0 Å². The molecule has 3 unspecified atom stereocenters. The van der Waals surface area contributed by atoms with E-state index in [1.807, 2.05) is 0 Å². The number of carboxylic acid groups (broad SMARTS) is 1. The van der Waals surface area contributed by atoms with Crippen LogP contribution < -0.4 is 11.1 Å². The average Bonchev–Trinajstić information content (AvgIpc) is 3.04. The largest absolute Gasteiger partial charge is 0.481 e. The van der Waals surface area contributed by atoms with E-state index in [2.05, 4.69) is 26.1 Å². The molecule has 1 aromatic heterocycles. The van der Waals surface area contributed by atoms with Crippen LogP contribution in [0.2, 0.25) is 0 Å². The van der Waals surface area contributed by atoms with Crippen LogP contribution in [0.25, 0.3) is 0 Å². The lowest BCUT2D eigenvalue weighted by Gasteiger charge is -2.36. The number of primary amides is 1. The molecule has 0 aromatic carbocycles. The van der Waals surface area contributed by atoms with Crippen LogP contribution in [0.1, 0.15) is 80.1 Å². The lowest BCUT2D eigenvalue weighted by Crippen LogP contribution is -2.36. The number of hydrogen-bond acceptors (Lipinski definition) is 4. The van der Waals surface area contributed by atoms with Crippen molar-refractivity contribution in [3.8, 4) is 0 Å². The molecule has 2 aliphatic carbocycles. The van der Waals surface area contributed by atoms with Gasteiger partial charge in [0.15, 0.2) is 0 Å². The van der Waals surface area contributed by atoms with Gasteiger partial charge in [-0.15, -0.1) is 11.3 Å². The van der Waals surface area contributed by atoms with Crippen molar-refractivity contribution in [2.75, 3.05) is 5.32 Å². The topological polar surface area (TPSA) is 109 Å². The predicted octanol–water partition coefficient (Wildman–Crippen LogP) is 4.22. The van der Waals surface area contributed by atoms with Crippen molar-refractivity contribution in [3.63, 3.8) is 0 Å². The molecule has 160 valence electrons. The molecule has 0 aliphatic heterocycles. The molecule has 2 aliphatic rings. The molecule has 1 heterocycles. The molecule has 3 rings (SSSR count). The maximum atomic E-state index is 12.9. The average molecular weight is 421 g/mol. The number of aliphatic carboxylic acids is 1. The highest BCUT2D eigenvalue weighted by molar-refractivity contribution is 7.17. The van der Waals surface area contributed by atoms with Crippen molar-refractivity contribution in [3.05, 3.63) is 16.0 Å². The van der Waals surface area contributed by atoms with Crippen molar-refractivity contribution in [2.24, 2.45) is 28.9 Å². The quantitative estimate of drug-likeness (QED) is 0.640. The standard InChI is InChI=1S/C22H32N2O4S/c1-4-22(2,3)12-9-10-15-16(11-12)29-20(17(15)18(23)25)24-19(26)13-7-5-6-8-14(13)21(27)28/h12-14H,4-11H2,1-3H3,(H2,23,25)(H,24,26)(H,27,28). The molecule has 29 heavy (non-hydrogen) atoms. The van der Waals surface area contributed by atoms with E-state index in [-0.39, 0.29) is 11.3 Å². The van der Waals surface area contributed by atoms with E-state index in [4.69, 9.17) is 5.73 Å². The fraction of sp³-hybridized carbons (Fsp3) is 0.682. The number of rotatable bonds is 6. The van der Waals surface area contributed by atoms with Crippen LogP contribution in [0.15, 0.2) is 0 Å². The summed E-state index contributed by atoms with van der Waals surface area (Å²) >= 11 is 1.44. The molecular weight excluding hydrogens is 388 g/mol. The Morgan fingerprint density at radius 1 is 1.17 bits per heavy atom. The van der Waals surface area contributed by atoms with Crippen LogP contribution in [0.3, 0.4) is 0 Å². The zero-order chi connectivity index (χ0) is 21.3. The molecule has 4 N–H and O–H groups in total. The van der Waals surface area contributed by atoms with E-state index in [0.29, 0.717) is 29.3 Å². The molecular formula is C22H32N2O4S. The first-order chi connectivity index (χ1) is 13.7. The van der Waals surface area contributed by atoms with Crippen LogP contribution in [0.4, 0.5) is 5.00 Å². The summed E-state index contributed by atoms with van der Waals surface area (Å²) < 4.78 is 0. The van der Waals surface area contributed by atoms with Gasteiger partial charge < -0.3 is 16.2 Å². The van der Waals surface area contributed by atoms with Gasteiger partial charge in [-0.25, -0.2) is 0 Å². The summed E-state index contributed by atoms with van der Waals surface area (Å²) in [6.45, 7) is 6.76. The van der Waals surface area contributed by atoms with Gasteiger partial charge in [-0.1, -0.05) is 40.0 Å². The van der Waals surface area contributed by atoms with Gasteiger partial charge in [0, 0.05) is 4.88 Å². The minimum absolute atomic E-state index is 0.217. The summed E-state index contributed by atoms with van der Waals surface area (Å²) in [5, 5.41) is 12.9. The van der Waals surface area contributed by atoms with Crippen molar-refractivity contribution < 1.29 is 19.5 Å². The molecule has 6 nitrogen and oxygen atoms in total. The SMILES string of the molecule is CCC(C)(C)C1CCc2c(sc(NC(=O)C3CCCCC3C(=O)O)c2C(N)=O)C1. The van der Waals surface area contributed by atoms with Gasteiger partial charge in [-0.05, 0) is 49.0 Å². The number of fused-ring (bicyclic) bond motifs is 1. The zero-order valence-corrected chi connectivity index (χ0v) is 18.4. The van der Waals surface area contributed by atoms with Crippen LogP contribution in [-0.2, 0) is 22.4 Å². The second kappa shape index (κ2) is 8.46. The first-order valence-electron chi connectivity index (χ1n) is 10.6. The van der Waals surface area contributed by atoms with Gasteiger partial charge in [0.2, 0.25) is 5.91 Å². The first kappa shape index (κ1) is 21.8. The minimum atomic E-state index is -0.921. The normalized spacial score (nSPS) is 24.6. The number of carboxylic acids is 1. The van der Waals surface area contributed by atoms with Gasteiger partial charge in [0.05, 0.1) is 17.4 Å². The monoisotopic (exact) mass is 420 g/mol. The number of hydrogen-bond donors (Lipinski definition) is 3. The van der Waals surface area contributed by atoms with Crippen LogP contribution >= 0.6 is 11.3 Å². The van der Waals surface area contributed by atoms with E-state index in [1.165, 1.54) is 11.3 Å². The molecule has 1 aromatic rings. The number of anilines is 1. The molecule has 1 saturated carbocycles. The molecule has 0 saturated heterocycles. The van der Waals surface area contributed by atoms with E-state index < -0.39 is 23.7 Å². The summed E-state index contributed by atoms with van der Waals surface area (Å²) in [5.74, 6) is -2.45. The maximum Gasteiger partial charge on any atom is 0.307 e. The molecule has 1 fully saturated rings.